The fraction of sp³-hybridized carbons (Fsp3) is 0.333. The molecule has 4 nitrogen and oxygen atoms in total. The van der Waals surface area contributed by atoms with Crippen LogP contribution in [0.5, 0.6) is 0 Å². The van der Waals surface area contributed by atoms with Gasteiger partial charge in [0.25, 0.3) is 0 Å². The number of carbonyl (C=O) groups excluding carboxylic acids is 1. The number of anilines is 1. The quantitative estimate of drug-likeness (QED) is 0.707. The second-order valence-corrected chi connectivity index (χ2v) is 3.10. The van der Waals surface area contributed by atoms with E-state index in [2.05, 4.69) is 10.3 Å². The Labute approximate surface area is 81.3 Å². The topological polar surface area (TPSA) is 68.0 Å². The number of amides is 1. The van der Waals surface area contributed by atoms with Crippen LogP contribution in [0.4, 0.5) is 10.1 Å². The lowest BCUT2D eigenvalue weighted by Crippen LogP contribution is -2.24. The van der Waals surface area contributed by atoms with Gasteiger partial charge in [-0.05, 0) is 19.1 Å². The van der Waals surface area contributed by atoms with Crippen LogP contribution in [0.3, 0.4) is 0 Å². The van der Waals surface area contributed by atoms with Gasteiger partial charge >= 0.3 is 0 Å². The van der Waals surface area contributed by atoms with Gasteiger partial charge in [-0.25, -0.2) is 4.98 Å². The maximum Gasteiger partial charge on any atom is 0.225 e. The summed E-state index contributed by atoms with van der Waals surface area (Å²) in [4.78, 5) is 14.6. The van der Waals surface area contributed by atoms with E-state index in [0.29, 0.717) is 5.69 Å². The van der Waals surface area contributed by atoms with Gasteiger partial charge in [0, 0.05) is 12.5 Å². The Morgan fingerprint density at radius 3 is 2.93 bits per heavy atom. The molecule has 0 fully saturated rings. The molecular formula is C9H12FN3O. The van der Waals surface area contributed by atoms with E-state index >= 15 is 0 Å². The maximum absolute atomic E-state index is 12.4. The van der Waals surface area contributed by atoms with Gasteiger partial charge in [0.05, 0.1) is 11.9 Å². The molecule has 0 aliphatic heterocycles. The number of carbonyl (C=O) groups is 1. The average Bonchev–Trinajstić information content (AvgIpc) is 2.07. The largest absolute Gasteiger partial charge is 0.327 e. The monoisotopic (exact) mass is 197 g/mol. The Morgan fingerprint density at radius 1 is 1.71 bits per heavy atom. The summed E-state index contributed by atoms with van der Waals surface area (Å²) in [5.74, 6) is -0.774. The summed E-state index contributed by atoms with van der Waals surface area (Å²) in [6.07, 6.45) is 1.49. The SMILES string of the molecule is CC(N)CC(=O)Nc1ccc(F)nc1. The van der Waals surface area contributed by atoms with Crippen molar-refractivity contribution in [1.29, 1.82) is 0 Å². The summed E-state index contributed by atoms with van der Waals surface area (Å²) < 4.78 is 12.4. The van der Waals surface area contributed by atoms with E-state index in [9.17, 15) is 9.18 Å². The van der Waals surface area contributed by atoms with Crippen LogP contribution in [0.15, 0.2) is 18.3 Å². The van der Waals surface area contributed by atoms with Crippen molar-refractivity contribution in [1.82, 2.24) is 4.98 Å². The molecule has 1 amide bonds. The number of rotatable bonds is 3. The van der Waals surface area contributed by atoms with E-state index in [0.717, 1.165) is 0 Å². The Balaban J connectivity index is 2.52. The molecular weight excluding hydrogens is 185 g/mol. The summed E-state index contributed by atoms with van der Waals surface area (Å²) in [5, 5.41) is 2.55. The Morgan fingerprint density at radius 2 is 2.43 bits per heavy atom. The number of nitrogens with zero attached hydrogens (tertiary/aromatic N) is 1. The van der Waals surface area contributed by atoms with E-state index in [1.54, 1.807) is 6.92 Å². The third-order valence-corrected chi connectivity index (χ3v) is 1.52. The van der Waals surface area contributed by atoms with Crippen molar-refractivity contribution in [3.8, 4) is 0 Å². The van der Waals surface area contributed by atoms with E-state index in [1.807, 2.05) is 0 Å². The predicted octanol–water partition coefficient (Wildman–Crippen LogP) is 0.896. The van der Waals surface area contributed by atoms with Gasteiger partial charge in [-0.1, -0.05) is 0 Å². The van der Waals surface area contributed by atoms with Crippen LogP contribution in [0, 0.1) is 5.95 Å². The molecule has 1 rings (SSSR count). The molecule has 0 radical (unpaired) electrons. The van der Waals surface area contributed by atoms with Gasteiger partial charge in [-0.15, -0.1) is 0 Å². The first-order valence-corrected chi connectivity index (χ1v) is 4.25. The first-order valence-electron chi connectivity index (χ1n) is 4.25. The second-order valence-electron chi connectivity index (χ2n) is 3.10. The molecule has 3 N–H and O–H groups in total. The minimum Gasteiger partial charge on any atom is -0.327 e. The fourth-order valence-electron chi connectivity index (χ4n) is 0.954. The molecule has 14 heavy (non-hydrogen) atoms. The number of nitrogens with one attached hydrogen (secondary N) is 1. The minimum absolute atomic E-state index is 0.191. The highest BCUT2D eigenvalue weighted by atomic mass is 19.1. The molecule has 0 spiro atoms. The molecule has 0 aromatic carbocycles. The van der Waals surface area contributed by atoms with Gasteiger partial charge in [0.2, 0.25) is 11.9 Å². The van der Waals surface area contributed by atoms with Gasteiger partial charge in [0.15, 0.2) is 0 Å². The molecule has 0 aliphatic rings. The Hall–Kier alpha value is -1.49. The molecule has 0 bridgehead atoms. The third-order valence-electron chi connectivity index (χ3n) is 1.52. The van der Waals surface area contributed by atoms with Crippen LogP contribution < -0.4 is 11.1 Å². The maximum atomic E-state index is 12.4. The average molecular weight is 197 g/mol. The van der Waals surface area contributed by atoms with Crippen LogP contribution >= 0.6 is 0 Å². The van der Waals surface area contributed by atoms with Gasteiger partial charge in [-0.3, -0.25) is 4.79 Å². The molecule has 1 atom stereocenters. The molecule has 0 saturated carbocycles. The van der Waals surface area contributed by atoms with Crippen LogP contribution in [0.2, 0.25) is 0 Å². The van der Waals surface area contributed by atoms with Gasteiger partial charge in [0.1, 0.15) is 0 Å². The minimum atomic E-state index is -0.574. The summed E-state index contributed by atoms with van der Waals surface area (Å²) in [5.41, 5.74) is 5.90. The summed E-state index contributed by atoms with van der Waals surface area (Å²) in [6, 6.07) is 2.44. The van der Waals surface area contributed by atoms with E-state index in [1.165, 1.54) is 18.3 Å². The highest BCUT2D eigenvalue weighted by Crippen LogP contribution is 2.05. The lowest BCUT2D eigenvalue weighted by Gasteiger charge is -2.06. The first kappa shape index (κ1) is 10.6. The molecule has 1 unspecified atom stereocenters. The van der Waals surface area contributed by atoms with Crippen LogP contribution in [-0.2, 0) is 4.79 Å². The van der Waals surface area contributed by atoms with Crippen molar-refractivity contribution in [3.63, 3.8) is 0 Å². The lowest BCUT2D eigenvalue weighted by atomic mass is 10.2. The lowest BCUT2D eigenvalue weighted by molar-refractivity contribution is -0.116. The number of nitrogens with two attached hydrogens (primary N) is 1. The number of halogens is 1. The predicted molar refractivity (Wildman–Crippen MR) is 51.1 cm³/mol. The summed E-state index contributed by atoms with van der Waals surface area (Å²) in [6.45, 7) is 1.74. The van der Waals surface area contributed by atoms with Gasteiger partial charge < -0.3 is 11.1 Å². The zero-order valence-corrected chi connectivity index (χ0v) is 7.83. The van der Waals surface area contributed by atoms with Crippen molar-refractivity contribution >= 4 is 11.6 Å². The zero-order chi connectivity index (χ0) is 10.6. The highest BCUT2D eigenvalue weighted by Gasteiger charge is 2.05. The molecule has 76 valence electrons. The van der Waals surface area contributed by atoms with E-state index in [4.69, 9.17) is 5.73 Å². The number of hydrogen-bond acceptors (Lipinski definition) is 3. The molecule has 5 heteroatoms. The number of hydrogen-bond donors (Lipinski definition) is 2. The van der Waals surface area contributed by atoms with Crippen molar-refractivity contribution in [2.45, 2.75) is 19.4 Å². The third kappa shape index (κ3) is 3.49. The molecule has 1 aromatic rings. The number of aromatic nitrogens is 1. The smallest absolute Gasteiger partial charge is 0.225 e. The molecule has 1 heterocycles. The van der Waals surface area contributed by atoms with E-state index in [-0.39, 0.29) is 18.4 Å². The summed E-state index contributed by atoms with van der Waals surface area (Å²) in [7, 11) is 0. The normalized spacial score (nSPS) is 12.2. The van der Waals surface area contributed by atoms with Crippen molar-refractivity contribution in [2.75, 3.05) is 5.32 Å². The fourth-order valence-corrected chi connectivity index (χ4v) is 0.954. The van der Waals surface area contributed by atoms with Crippen molar-refractivity contribution < 1.29 is 9.18 Å². The van der Waals surface area contributed by atoms with Crippen molar-refractivity contribution in [2.24, 2.45) is 5.73 Å². The first-order chi connectivity index (χ1) is 6.58. The van der Waals surface area contributed by atoms with Crippen LogP contribution in [-0.4, -0.2) is 16.9 Å². The van der Waals surface area contributed by atoms with Gasteiger partial charge in [-0.2, -0.15) is 4.39 Å². The standard InChI is InChI=1S/C9H12FN3O/c1-6(11)4-9(14)13-7-2-3-8(10)12-5-7/h2-3,5-6H,4,11H2,1H3,(H,13,14). The number of pyridine rings is 1. The Kier molecular flexibility index (Phi) is 3.53. The zero-order valence-electron chi connectivity index (χ0n) is 7.83. The highest BCUT2D eigenvalue weighted by molar-refractivity contribution is 5.90. The molecule has 0 aliphatic carbocycles. The molecule has 0 saturated heterocycles. The summed E-state index contributed by atoms with van der Waals surface area (Å²) >= 11 is 0. The second kappa shape index (κ2) is 4.66. The Bertz CT molecular complexity index is 310. The molecule has 1 aromatic heterocycles. The van der Waals surface area contributed by atoms with Crippen LogP contribution in [0.1, 0.15) is 13.3 Å². The van der Waals surface area contributed by atoms with E-state index < -0.39 is 5.95 Å². The van der Waals surface area contributed by atoms with Crippen LogP contribution in [0.25, 0.3) is 0 Å². The van der Waals surface area contributed by atoms with Crippen molar-refractivity contribution in [3.05, 3.63) is 24.3 Å².